The number of nitro benzene ring substituents is 1. The molecule has 1 heterocycles. The molecule has 0 saturated heterocycles. The number of hydrogen-bond acceptors (Lipinski definition) is 7. The summed E-state index contributed by atoms with van der Waals surface area (Å²) in [7, 11) is 0. The van der Waals surface area contributed by atoms with Crippen LogP contribution in [0.4, 0.5) is 17.1 Å². The first kappa shape index (κ1) is 26.0. The Labute approximate surface area is 230 Å². The van der Waals surface area contributed by atoms with E-state index >= 15 is 0 Å². The van der Waals surface area contributed by atoms with Crippen LogP contribution in [0.15, 0.2) is 36.5 Å². The molecule has 40 heavy (non-hydrogen) atoms. The summed E-state index contributed by atoms with van der Waals surface area (Å²) < 4.78 is 7.69. The van der Waals surface area contributed by atoms with Gasteiger partial charge in [0.25, 0.3) is 11.6 Å². The van der Waals surface area contributed by atoms with E-state index in [9.17, 15) is 25.0 Å². The molecule has 4 saturated carbocycles. The fourth-order valence-corrected chi connectivity index (χ4v) is 7.49. The summed E-state index contributed by atoms with van der Waals surface area (Å²) >= 11 is 0. The van der Waals surface area contributed by atoms with Gasteiger partial charge in [0.2, 0.25) is 5.69 Å². The van der Waals surface area contributed by atoms with Gasteiger partial charge in [0.15, 0.2) is 0 Å². The zero-order valence-corrected chi connectivity index (χ0v) is 22.7. The first-order valence-corrected chi connectivity index (χ1v) is 13.6. The number of carbonyl (C=O) groups excluding carboxylic acids is 1. The molecule has 11 heteroatoms. The summed E-state index contributed by atoms with van der Waals surface area (Å²) in [5.41, 5.74) is 1.68. The largest absolute Gasteiger partial charge is 0.457 e. The van der Waals surface area contributed by atoms with Crippen molar-refractivity contribution in [2.24, 2.45) is 17.8 Å². The van der Waals surface area contributed by atoms with Gasteiger partial charge in [-0.15, -0.1) is 0 Å². The summed E-state index contributed by atoms with van der Waals surface area (Å²) in [5.74, 6) is 1.68. The van der Waals surface area contributed by atoms with Gasteiger partial charge in [0.1, 0.15) is 17.7 Å². The van der Waals surface area contributed by atoms with E-state index < -0.39 is 15.8 Å². The van der Waals surface area contributed by atoms with Gasteiger partial charge in [0.05, 0.1) is 27.1 Å². The zero-order valence-electron chi connectivity index (χ0n) is 22.7. The second-order valence-electron chi connectivity index (χ2n) is 11.9. The number of aryl methyl sites for hydroxylation is 2. The van der Waals surface area contributed by atoms with E-state index in [2.05, 4.69) is 10.4 Å². The summed E-state index contributed by atoms with van der Waals surface area (Å²) in [4.78, 5) is 35.8. The minimum atomic E-state index is -0.802. The number of benzene rings is 2. The van der Waals surface area contributed by atoms with E-state index in [0.29, 0.717) is 23.5 Å². The second kappa shape index (κ2) is 9.42. The van der Waals surface area contributed by atoms with Crippen LogP contribution in [0.25, 0.3) is 0 Å². The third-order valence-corrected chi connectivity index (χ3v) is 8.95. The second-order valence-corrected chi connectivity index (χ2v) is 11.9. The predicted octanol–water partition coefficient (Wildman–Crippen LogP) is 6.59. The van der Waals surface area contributed by atoms with E-state index in [1.165, 1.54) is 43.7 Å². The first-order valence-electron chi connectivity index (χ1n) is 13.6. The molecule has 3 aromatic rings. The molecule has 4 bridgehead atoms. The monoisotopic (exact) mass is 545 g/mol. The Morgan fingerprint density at radius 1 is 0.975 bits per heavy atom. The van der Waals surface area contributed by atoms with Gasteiger partial charge in [0, 0.05) is 12.1 Å². The van der Waals surface area contributed by atoms with Crippen molar-refractivity contribution in [3.05, 3.63) is 79.1 Å². The Morgan fingerprint density at radius 2 is 1.62 bits per heavy atom. The lowest BCUT2D eigenvalue weighted by molar-refractivity contribution is -0.385. The number of non-ortho nitro benzene ring substituents is 1. The van der Waals surface area contributed by atoms with Crippen LogP contribution in [-0.2, 0) is 5.54 Å². The van der Waals surface area contributed by atoms with Gasteiger partial charge in [-0.25, -0.2) is 0 Å². The maximum atomic E-state index is 13.4. The summed E-state index contributed by atoms with van der Waals surface area (Å²) in [6.07, 6.45) is 7.76. The number of nitro groups is 2. The van der Waals surface area contributed by atoms with E-state index in [0.717, 1.165) is 36.0 Å². The van der Waals surface area contributed by atoms with Crippen molar-refractivity contribution < 1.29 is 19.4 Å². The lowest BCUT2D eigenvalue weighted by Gasteiger charge is -2.56. The molecular formula is C29H31N5O6. The summed E-state index contributed by atoms with van der Waals surface area (Å²) in [6, 6.07) is 7.78. The van der Waals surface area contributed by atoms with Crippen molar-refractivity contribution in [2.75, 3.05) is 5.32 Å². The molecule has 4 aliphatic carbocycles. The smallest absolute Gasteiger partial charge is 0.320 e. The Bertz CT molecular complexity index is 1530. The highest BCUT2D eigenvalue weighted by atomic mass is 16.6. The molecule has 0 unspecified atom stereocenters. The number of rotatable bonds is 7. The van der Waals surface area contributed by atoms with Crippen LogP contribution in [0.3, 0.4) is 0 Å². The molecule has 0 atom stereocenters. The topological polar surface area (TPSA) is 142 Å². The SMILES string of the molecule is Cc1cc(C)c(C)c(Oc2cc(NC(=O)c3nn(C45CC6CC(CC(C6)C4)C5)cc3[N+](=O)[O-])cc([N+](=O)[O-])c2)c1. The van der Waals surface area contributed by atoms with Crippen molar-refractivity contribution >= 4 is 23.0 Å². The molecule has 1 aromatic heterocycles. The van der Waals surface area contributed by atoms with E-state index in [4.69, 9.17) is 4.74 Å². The van der Waals surface area contributed by atoms with E-state index in [1.54, 1.807) is 4.68 Å². The molecule has 0 radical (unpaired) electrons. The van der Waals surface area contributed by atoms with Crippen molar-refractivity contribution in [1.82, 2.24) is 9.78 Å². The zero-order chi connectivity index (χ0) is 28.3. The van der Waals surface area contributed by atoms with Crippen LogP contribution in [0.1, 0.15) is 65.7 Å². The average molecular weight is 546 g/mol. The number of anilines is 1. The molecule has 7 rings (SSSR count). The Kier molecular flexibility index (Phi) is 6.12. The number of nitrogens with one attached hydrogen (secondary N) is 1. The lowest BCUT2D eigenvalue weighted by Crippen LogP contribution is -2.52. The molecule has 4 fully saturated rings. The van der Waals surface area contributed by atoms with E-state index in [-0.39, 0.29) is 34.0 Å². The maximum Gasteiger partial charge on any atom is 0.320 e. The Balaban J connectivity index is 1.31. The van der Waals surface area contributed by atoms with Gasteiger partial charge in [-0.05, 0) is 99.8 Å². The summed E-state index contributed by atoms with van der Waals surface area (Å²) in [6.45, 7) is 5.76. The molecular weight excluding hydrogens is 514 g/mol. The lowest BCUT2D eigenvalue weighted by atomic mass is 9.53. The minimum Gasteiger partial charge on any atom is -0.457 e. The standard InChI is InChI=1S/C29H31N5O6/c1-16-4-17(2)18(3)26(5-16)40-24-10-22(9-23(11-24)33(36)37)30-28(35)27-25(34(38)39)15-32(31-27)29-12-19-6-20(13-29)8-21(7-19)14-29/h4-5,9-11,15,19-21H,6-8,12-14H2,1-3H3,(H,30,35). The van der Waals surface area contributed by atoms with Crippen LogP contribution in [0.5, 0.6) is 11.5 Å². The van der Waals surface area contributed by atoms with Crippen molar-refractivity contribution in [1.29, 1.82) is 0 Å². The number of carbonyl (C=O) groups is 1. The number of ether oxygens (including phenoxy) is 1. The predicted molar refractivity (Wildman–Crippen MR) is 147 cm³/mol. The van der Waals surface area contributed by atoms with Crippen LogP contribution < -0.4 is 10.1 Å². The fraction of sp³-hybridized carbons (Fsp3) is 0.448. The van der Waals surface area contributed by atoms with Crippen LogP contribution >= 0.6 is 0 Å². The summed E-state index contributed by atoms with van der Waals surface area (Å²) in [5, 5.41) is 30.7. The van der Waals surface area contributed by atoms with Crippen LogP contribution in [0, 0.1) is 58.8 Å². The molecule has 1 amide bonds. The minimum absolute atomic E-state index is 0.0786. The quantitative estimate of drug-likeness (QED) is 0.260. The van der Waals surface area contributed by atoms with Gasteiger partial charge in [-0.2, -0.15) is 5.10 Å². The van der Waals surface area contributed by atoms with Gasteiger partial charge >= 0.3 is 5.69 Å². The van der Waals surface area contributed by atoms with Gasteiger partial charge in [-0.1, -0.05) is 6.07 Å². The molecule has 0 aliphatic heterocycles. The highest BCUT2D eigenvalue weighted by molar-refractivity contribution is 6.05. The third kappa shape index (κ3) is 4.59. The van der Waals surface area contributed by atoms with Gasteiger partial charge < -0.3 is 10.1 Å². The average Bonchev–Trinajstić information content (AvgIpc) is 3.33. The normalized spacial score (nSPS) is 24.6. The molecule has 208 valence electrons. The van der Waals surface area contributed by atoms with Gasteiger partial charge in [-0.3, -0.25) is 29.7 Å². The number of nitrogens with zero attached hydrogens (tertiary/aromatic N) is 4. The number of amides is 1. The van der Waals surface area contributed by atoms with Crippen molar-refractivity contribution in [3.63, 3.8) is 0 Å². The molecule has 4 aliphatic rings. The maximum absolute atomic E-state index is 13.4. The van der Waals surface area contributed by atoms with Crippen LogP contribution in [-0.4, -0.2) is 25.5 Å². The van der Waals surface area contributed by atoms with Crippen molar-refractivity contribution in [2.45, 2.75) is 64.8 Å². The van der Waals surface area contributed by atoms with Crippen molar-refractivity contribution in [3.8, 4) is 11.5 Å². The number of hydrogen-bond donors (Lipinski definition) is 1. The first-order chi connectivity index (χ1) is 19.0. The molecule has 0 spiro atoms. The molecule has 1 N–H and O–H groups in total. The Hall–Kier alpha value is -4.28. The molecule has 11 nitrogen and oxygen atoms in total. The highest BCUT2D eigenvalue weighted by Crippen LogP contribution is 2.58. The third-order valence-electron chi connectivity index (χ3n) is 8.95. The molecule has 2 aromatic carbocycles. The number of aromatic nitrogens is 2. The van der Waals surface area contributed by atoms with Crippen LogP contribution in [0.2, 0.25) is 0 Å². The Morgan fingerprint density at radius 3 is 2.23 bits per heavy atom. The van der Waals surface area contributed by atoms with E-state index in [1.807, 2.05) is 32.9 Å². The fourth-order valence-electron chi connectivity index (χ4n) is 7.49. The highest BCUT2D eigenvalue weighted by Gasteiger charge is 2.53.